The van der Waals surface area contributed by atoms with Gasteiger partial charge < -0.3 is 10.2 Å². The second-order valence-electron chi connectivity index (χ2n) is 11.9. The monoisotopic (exact) mass is 749 g/mol. The Kier molecular flexibility index (Phi) is 11.5. The molecule has 0 unspecified atom stereocenters. The zero-order valence-corrected chi connectivity index (χ0v) is 29.0. The van der Waals surface area contributed by atoms with Crippen LogP contribution in [0.15, 0.2) is 114 Å². The van der Waals surface area contributed by atoms with Crippen LogP contribution >= 0.6 is 22.6 Å². The number of anilines is 1. The summed E-state index contributed by atoms with van der Waals surface area (Å²) in [6.07, 6.45) is 5.39. The fraction of sp³-hybridized carbons (Fsp3) is 0.297. The number of hydrogen-bond donors (Lipinski definition) is 1. The van der Waals surface area contributed by atoms with Crippen LogP contribution in [0.4, 0.5) is 5.69 Å². The number of nitrogens with zero attached hydrogens (tertiary/aromatic N) is 2. The van der Waals surface area contributed by atoms with Crippen LogP contribution in [0, 0.1) is 10.5 Å². The molecule has 4 aromatic carbocycles. The molecule has 4 aromatic rings. The van der Waals surface area contributed by atoms with Gasteiger partial charge in [-0.25, -0.2) is 8.42 Å². The first kappa shape index (κ1) is 33.7. The molecule has 0 aliphatic heterocycles. The molecule has 9 heteroatoms. The molecule has 2 amide bonds. The molecule has 1 atom stereocenters. The molecule has 1 aliphatic carbocycles. The minimum Gasteiger partial charge on any atom is -0.352 e. The molecule has 1 aliphatic rings. The van der Waals surface area contributed by atoms with Crippen LogP contribution in [0.1, 0.15) is 48.8 Å². The summed E-state index contributed by atoms with van der Waals surface area (Å²) in [5.41, 5.74) is 3.19. The van der Waals surface area contributed by atoms with Gasteiger partial charge in [-0.2, -0.15) is 0 Å². The molecule has 0 aromatic heterocycles. The first-order chi connectivity index (χ1) is 22.2. The van der Waals surface area contributed by atoms with E-state index in [1.54, 1.807) is 35.2 Å². The van der Waals surface area contributed by atoms with Crippen molar-refractivity contribution in [1.82, 2.24) is 10.2 Å². The third kappa shape index (κ3) is 8.76. The maximum Gasteiger partial charge on any atom is 0.264 e. The van der Waals surface area contributed by atoms with Crippen molar-refractivity contribution in [2.24, 2.45) is 0 Å². The zero-order valence-electron chi connectivity index (χ0n) is 26.0. The van der Waals surface area contributed by atoms with Crippen LogP contribution in [-0.4, -0.2) is 43.8 Å². The Morgan fingerprint density at radius 2 is 1.46 bits per heavy atom. The summed E-state index contributed by atoms with van der Waals surface area (Å²) in [5.74, 6) is -0.678. The van der Waals surface area contributed by atoms with Crippen LogP contribution in [0.25, 0.3) is 0 Å². The average molecular weight is 750 g/mol. The van der Waals surface area contributed by atoms with Crippen LogP contribution in [0.2, 0.25) is 0 Å². The highest BCUT2D eigenvalue weighted by Gasteiger charge is 2.35. The summed E-state index contributed by atoms with van der Waals surface area (Å²) in [6.45, 7) is 1.67. The summed E-state index contributed by atoms with van der Waals surface area (Å²) in [7, 11) is -4.12. The predicted octanol–water partition coefficient (Wildman–Crippen LogP) is 6.88. The zero-order chi connectivity index (χ0) is 32.5. The minimum absolute atomic E-state index is 0.0530. The van der Waals surface area contributed by atoms with E-state index in [-0.39, 0.29) is 23.4 Å². The number of sulfonamides is 1. The van der Waals surface area contributed by atoms with Gasteiger partial charge >= 0.3 is 0 Å². The van der Waals surface area contributed by atoms with Gasteiger partial charge in [0.15, 0.2) is 0 Å². The second kappa shape index (κ2) is 15.7. The van der Waals surface area contributed by atoms with Crippen molar-refractivity contribution in [2.45, 2.75) is 69.0 Å². The lowest BCUT2D eigenvalue weighted by atomic mass is 9.94. The second-order valence-corrected chi connectivity index (χ2v) is 15.0. The number of hydrogen-bond acceptors (Lipinski definition) is 4. The number of halogens is 1. The molecule has 0 saturated heterocycles. The third-order valence-electron chi connectivity index (χ3n) is 8.38. The smallest absolute Gasteiger partial charge is 0.264 e. The maximum absolute atomic E-state index is 14.6. The van der Waals surface area contributed by atoms with Crippen molar-refractivity contribution >= 4 is 50.1 Å². The van der Waals surface area contributed by atoms with Gasteiger partial charge in [-0.1, -0.05) is 97.6 Å². The lowest BCUT2D eigenvalue weighted by Crippen LogP contribution is -2.55. The third-order valence-corrected chi connectivity index (χ3v) is 10.9. The predicted molar refractivity (Wildman–Crippen MR) is 191 cm³/mol. The van der Waals surface area contributed by atoms with E-state index in [4.69, 9.17) is 0 Å². The van der Waals surface area contributed by atoms with Crippen molar-refractivity contribution in [2.75, 3.05) is 10.8 Å². The molecule has 5 rings (SSSR count). The van der Waals surface area contributed by atoms with Gasteiger partial charge in [0.05, 0.1) is 10.6 Å². The highest BCUT2D eigenvalue weighted by atomic mass is 127. The van der Waals surface area contributed by atoms with E-state index in [0.717, 1.165) is 56.7 Å². The van der Waals surface area contributed by atoms with Crippen LogP contribution in [0.5, 0.6) is 0 Å². The van der Waals surface area contributed by atoms with Crippen molar-refractivity contribution in [3.63, 3.8) is 0 Å². The van der Waals surface area contributed by atoms with Gasteiger partial charge in [0.25, 0.3) is 10.0 Å². The van der Waals surface area contributed by atoms with E-state index in [1.807, 2.05) is 73.7 Å². The quantitative estimate of drug-likeness (QED) is 0.160. The van der Waals surface area contributed by atoms with Crippen molar-refractivity contribution in [1.29, 1.82) is 0 Å². The number of benzene rings is 4. The van der Waals surface area contributed by atoms with Gasteiger partial charge in [-0.3, -0.25) is 13.9 Å². The summed E-state index contributed by atoms with van der Waals surface area (Å²) >= 11 is 2.16. The van der Waals surface area contributed by atoms with E-state index < -0.39 is 28.5 Å². The topological polar surface area (TPSA) is 86.8 Å². The summed E-state index contributed by atoms with van der Waals surface area (Å²) in [5, 5.41) is 3.25. The SMILES string of the molecule is Cc1cccc(CN(C(=O)CN(c2ccc(I)cc2)S(=O)(=O)c2ccccc2)[C@@H](Cc2ccccc2)C(=O)NC2CCCCC2)c1. The Balaban J connectivity index is 1.55. The van der Waals surface area contributed by atoms with E-state index >= 15 is 0 Å². The standard InChI is InChI=1S/C37H40IN3O4S/c1-28-12-11-15-30(24-28)26-40(35(25-29-13-5-2-6-14-29)37(43)39-32-16-7-3-8-17-32)36(42)27-41(33-22-20-31(38)21-23-33)46(44,45)34-18-9-4-10-19-34/h2,4-6,9-15,18-24,32,35H,3,7-8,16-17,25-27H2,1H3,(H,39,43)/t35-/m0/s1. The van der Waals surface area contributed by atoms with Crippen molar-refractivity contribution in [3.8, 4) is 0 Å². The number of rotatable bonds is 12. The Labute approximate surface area is 286 Å². The number of aryl methyl sites for hydroxylation is 1. The fourth-order valence-corrected chi connectivity index (χ4v) is 7.76. The van der Waals surface area contributed by atoms with Crippen molar-refractivity contribution in [3.05, 3.63) is 129 Å². The number of carbonyl (C=O) groups is 2. The van der Waals surface area contributed by atoms with E-state index in [1.165, 1.54) is 12.1 Å². The van der Waals surface area contributed by atoms with Gasteiger partial charge in [0.1, 0.15) is 12.6 Å². The highest BCUT2D eigenvalue weighted by molar-refractivity contribution is 14.1. The van der Waals surface area contributed by atoms with Gasteiger partial charge in [0.2, 0.25) is 11.8 Å². The molecular weight excluding hydrogens is 709 g/mol. The number of carbonyl (C=O) groups excluding carboxylic acids is 2. The molecule has 0 bridgehead atoms. The summed E-state index contributed by atoms with van der Waals surface area (Å²) < 4.78 is 30.3. The number of amides is 2. The maximum atomic E-state index is 14.6. The molecule has 7 nitrogen and oxygen atoms in total. The normalized spacial score (nSPS) is 14.3. The Hall–Kier alpha value is -3.70. The van der Waals surface area contributed by atoms with Crippen LogP contribution in [0.3, 0.4) is 0 Å². The first-order valence-electron chi connectivity index (χ1n) is 15.7. The molecule has 0 radical (unpaired) electrons. The molecule has 1 fully saturated rings. The highest BCUT2D eigenvalue weighted by Crippen LogP contribution is 2.26. The van der Waals surface area contributed by atoms with Crippen LogP contribution in [-0.2, 0) is 32.6 Å². The molecule has 0 spiro atoms. The minimum atomic E-state index is -4.12. The molecule has 46 heavy (non-hydrogen) atoms. The van der Waals surface area contributed by atoms with E-state index in [2.05, 4.69) is 27.9 Å². The summed E-state index contributed by atoms with van der Waals surface area (Å²) in [4.78, 5) is 30.5. The Bertz CT molecular complexity index is 1710. The molecular formula is C37H40IN3O4S. The Morgan fingerprint density at radius 1 is 0.826 bits per heavy atom. The fourth-order valence-electron chi connectivity index (χ4n) is 5.96. The molecule has 1 saturated carbocycles. The lowest BCUT2D eigenvalue weighted by molar-refractivity contribution is -0.140. The van der Waals surface area contributed by atoms with Gasteiger partial charge in [0, 0.05) is 22.6 Å². The molecule has 0 heterocycles. The lowest BCUT2D eigenvalue weighted by Gasteiger charge is -2.35. The van der Waals surface area contributed by atoms with E-state index in [0.29, 0.717) is 12.1 Å². The largest absolute Gasteiger partial charge is 0.352 e. The summed E-state index contributed by atoms with van der Waals surface area (Å²) in [6, 6.07) is 31.9. The van der Waals surface area contributed by atoms with Gasteiger partial charge in [-0.05, 0) is 89.9 Å². The van der Waals surface area contributed by atoms with Crippen molar-refractivity contribution < 1.29 is 18.0 Å². The van der Waals surface area contributed by atoms with Gasteiger partial charge in [-0.15, -0.1) is 0 Å². The number of nitrogens with one attached hydrogen (secondary N) is 1. The first-order valence-corrected chi connectivity index (χ1v) is 18.3. The Morgan fingerprint density at radius 3 is 2.11 bits per heavy atom. The molecule has 1 N–H and O–H groups in total. The van der Waals surface area contributed by atoms with Crippen LogP contribution < -0.4 is 9.62 Å². The molecule has 240 valence electrons. The average Bonchev–Trinajstić information content (AvgIpc) is 3.07. The van der Waals surface area contributed by atoms with E-state index in [9.17, 15) is 18.0 Å².